The van der Waals surface area contributed by atoms with Gasteiger partial charge < -0.3 is 9.64 Å². The molecule has 26 heavy (non-hydrogen) atoms. The number of hydrogen-bond donors (Lipinski definition) is 0. The summed E-state index contributed by atoms with van der Waals surface area (Å²) in [6, 6.07) is 20.5. The number of hydrogen-bond acceptors (Lipinski definition) is 3. The summed E-state index contributed by atoms with van der Waals surface area (Å²) in [5.74, 6) is -0.552. The van der Waals surface area contributed by atoms with Crippen LogP contribution in [0.2, 0.25) is 5.02 Å². The van der Waals surface area contributed by atoms with Crippen molar-refractivity contribution in [3.63, 3.8) is 0 Å². The van der Waals surface area contributed by atoms with Crippen LogP contribution in [0.1, 0.15) is 6.42 Å². The van der Waals surface area contributed by atoms with Gasteiger partial charge in [0.1, 0.15) is 5.75 Å². The fourth-order valence-corrected chi connectivity index (χ4v) is 3.44. The van der Waals surface area contributed by atoms with Crippen molar-refractivity contribution in [1.29, 1.82) is 0 Å². The van der Waals surface area contributed by atoms with E-state index in [0.29, 0.717) is 16.5 Å². The third-order valence-corrected chi connectivity index (χ3v) is 4.86. The molecule has 1 aliphatic rings. The standard InChI is InChI=1S/C21H16ClNO3/c22-18-7-3-4-8-19(18)23-13-16(12-20(23)24)21(25)26-17-10-9-14-5-1-2-6-15(14)11-17/h1-11,16H,12-13H2/t16-/m1/s1. The molecule has 0 unspecified atom stereocenters. The van der Waals surface area contributed by atoms with Gasteiger partial charge in [-0.1, -0.05) is 54.1 Å². The van der Waals surface area contributed by atoms with Crippen molar-refractivity contribution >= 4 is 39.9 Å². The molecule has 0 saturated carbocycles. The summed E-state index contributed by atoms with van der Waals surface area (Å²) in [4.78, 5) is 26.4. The van der Waals surface area contributed by atoms with Gasteiger partial charge in [0, 0.05) is 13.0 Å². The second kappa shape index (κ2) is 6.81. The number of benzene rings is 3. The average Bonchev–Trinajstić information content (AvgIpc) is 3.04. The summed E-state index contributed by atoms with van der Waals surface area (Å²) < 4.78 is 5.52. The highest BCUT2D eigenvalue weighted by atomic mass is 35.5. The second-order valence-electron chi connectivity index (χ2n) is 6.29. The Morgan fingerprint density at radius 1 is 1.00 bits per heavy atom. The lowest BCUT2D eigenvalue weighted by Crippen LogP contribution is -2.27. The first-order chi connectivity index (χ1) is 12.6. The first-order valence-corrected chi connectivity index (χ1v) is 8.75. The predicted octanol–water partition coefficient (Wildman–Crippen LogP) is 4.45. The molecule has 0 aliphatic carbocycles. The molecule has 1 fully saturated rings. The number of ether oxygens (including phenoxy) is 1. The van der Waals surface area contributed by atoms with Crippen molar-refractivity contribution < 1.29 is 14.3 Å². The van der Waals surface area contributed by atoms with Crippen LogP contribution >= 0.6 is 11.6 Å². The Morgan fingerprint density at radius 3 is 2.54 bits per heavy atom. The molecule has 1 saturated heterocycles. The molecule has 0 N–H and O–H groups in total. The summed E-state index contributed by atoms with van der Waals surface area (Å²) >= 11 is 6.17. The van der Waals surface area contributed by atoms with Gasteiger partial charge >= 0.3 is 5.97 Å². The number of amides is 1. The summed E-state index contributed by atoms with van der Waals surface area (Å²) in [5, 5.41) is 2.57. The molecule has 0 radical (unpaired) electrons. The van der Waals surface area contributed by atoms with Crippen LogP contribution in [0.5, 0.6) is 5.75 Å². The van der Waals surface area contributed by atoms with Gasteiger partial charge in [0.15, 0.2) is 0 Å². The molecule has 4 rings (SSSR count). The number of carbonyl (C=O) groups is 2. The van der Waals surface area contributed by atoms with Crippen molar-refractivity contribution in [1.82, 2.24) is 0 Å². The zero-order valence-corrected chi connectivity index (χ0v) is 14.6. The molecule has 1 amide bonds. The van der Waals surface area contributed by atoms with E-state index in [-0.39, 0.29) is 18.9 Å². The van der Waals surface area contributed by atoms with Gasteiger partial charge in [-0.15, -0.1) is 0 Å². The van der Waals surface area contributed by atoms with E-state index in [4.69, 9.17) is 16.3 Å². The number of anilines is 1. The first kappa shape index (κ1) is 16.6. The fraction of sp³-hybridized carbons (Fsp3) is 0.143. The minimum absolute atomic E-state index is 0.123. The maximum atomic E-state index is 12.5. The minimum atomic E-state index is -0.509. The Hall–Kier alpha value is -2.85. The van der Waals surface area contributed by atoms with Gasteiger partial charge in [-0.3, -0.25) is 9.59 Å². The van der Waals surface area contributed by atoms with E-state index in [1.807, 2.05) is 42.5 Å². The summed E-state index contributed by atoms with van der Waals surface area (Å²) in [7, 11) is 0. The van der Waals surface area contributed by atoms with E-state index in [0.717, 1.165) is 10.8 Å². The van der Waals surface area contributed by atoms with Gasteiger partial charge in [0.2, 0.25) is 5.91 Å². The summed E-state index contributed by atoms with van der Waals surface area (Å²) in [6.45, 7) is 0.273. The Labute approximate surface area is 155 Å². The van der Waals surface area contributed by atoms with Gasteiger partial charge in [0.25, 0.3) is 0 Å². The molecule has 3 aromatic rings. The van der Waals surface area contributed by atoms with E-state index in [2.05, 4.69) is 0 Å². The lowest BCUT2D eigenvalue weighted by atomic mass is 10.1. The summed E-state index contributed by atoms with van der Waals surface area (Å²) in [6.07, 6.45) is 0.123. The fourth-order valence-electron chi connectivity index (χ4n) is 3.20. The van der Waals surface area contributed by atoms with Crippen molar-refractivity contribution in [2.75, 3.05) is 11.4 Å². The minimum Gasteiger partial charge on any atom is -0.426 e. The van der Waals surface area contributed by atoms with Gasteiger partial charge in [-0.25, -0.2) is 0 Å². The van der Waals surface area contributed by atoms with Crippen molar-refractivity contribution in [2.24, 2.45) is 5.92 Å². The van der Waals surface area contributed by atoms with Crippen LogP contribution in [0, 0.1) is 5.92 Å². The Balaban J connectivity index is 1.50. The number of esters is 1. The largest absolute Gasteiger partial charge is 0.426 e. The van der Waals surface area contributed by atoms with Crippen LogP contribution in [-0.4, -0.2) is 18.4 Å². The highest BCUT2D eigenvalue weighted by Crippen LogP contribution is 2.32. The predicted molar refractivity (Wildman–Crippen MR) is 101 cm³/mol. The Morgan fingerprint density at radius 2 is 1.73 bits per heavy atom. The van der Waals surface area contributed by atoms with Gasteiger partial charge in [-0.05, 0) is 35.0 Å². The number of fused-ring (bicyclic) bond motifs is 1. The third-order valence-electron chi connectivity index (χ3n) is 4.54. The molecular weight excluding hydrogens is 350 g/mol. The van der Waals surface area contributed by atoms with Gasteiger partial charge in [-0.2, -0.15) is 0 Å². The molecular formula is C21H16ClNO3. The van der Waals surface area contributed by atoms with Gasteiger partial charge in [0.05, 0.1) is 16.6 Å². The molecule has 0 aromatic heterocycles. The second-order valence-corrected chi connectivity index (χ2v) is 6.69. The van der Waals surface area contributed by atoms with Crippen molar-refractivity contribution in [2.45, 2.75) is 6.42 Å². The van der Waals surface area contributed by atoms with Crippen LogP contribution in [0.4, 0.5) is 5.69 Å². The van der Waals surface area contributed by atoms with E-state index in [1.54, 1.807) is 29.2 Å². The lowest BCUT2D eigenvalue weighted by molar-refractivity contribution is -0.139. The van der Waals surface area contributed by atoms with Crippen LogP contribution in [-0.2, 0) is 9.59 Å². The molecule has 1 heterocycles. The van der Waals surface area contributed by atoms with Crippen LogP contribution in [0.3, 0.4) is 0 Å². The SMILES string of the molecule is O=C(Oc1ccc2ccccc2c1)[C@@H]1CC(=O)N(c2ccccc2Cl)C1. The molecule has 130 valence electrons. The molecule has 5 heteroatoms. The number of halogens is 1. The number of rotatable bonds is 3. The summed E-state index contributed by atoms with van der Waals surface area (Å²) in [5.41, 5.74) is 0.625. The third kappa shape index (κ3) is 3.16. The highest BCUT2D eigenvalue weighted by molar-refractivity contribution is 6.33. The lowest BCUT2D eigenvalue weighted by Gasteiger charge is -2.17. The van der Waals surface area contributed by atoms with E-state index in [1.165, 1.54) is 0 Å². The van der Waals surface area contributed by atoms with Crippen LogP contribution in [0.15, 0.2) is 66.7 Å². The first-order valence-electron chi connectivity index (χ1n) is 8.37. The molecule has 0 bridgehead atoms. The molecule has 3 aromatic carbocycles. The Bertz CT molecular complexity index is 1000. The maximum Gasteiger partial charge on any atom is 0.316 e. The monoisotopic (exact) mass is 365 g/mol. The normalized spacial score (nSPS) is 16.9. The Kier molecular flexibility index (Phi) is 4.35. The quantitative estimate of drug-likeness (QED) is 0.509. The van der Waals surface area contributed by atoms with Crippen molar-refractivity contribution in [3.05, 3.63) is 71.8 Å². The smallest absolute Gasteiger partial charge is 0.316 e. The van der Waals surface area contributed by atoms with E-state index < -0.39 is 11.9 Å². The highest BCUT2D eigenvalue weighted by Gasteiger charge is 2.37. The molecule has 1 atom stereocenters. The molecule has 1 aliphatic heterocycles. The van der Waals surface area contributed by atoms with Crippen LogP contribution < -0.4 is 9.64 Å². The average molecular weight is 366 g/mol. The number of nitrogens with zero attached hydrogens (tertiary/aromatic N) is 1. The zero-order valence-electron chi connectivity index (χ0n) is 13.9. The molecule has 0 spiro atoms. The van der Waals surface area contributed by atoms with Crippen molar-refractivity contribution in [3.8, 4) is 5.75 Å². The molecule has 4 nitrogen and oxygen atoms in total. The topological polar surface area (TPSA) is 46.6 Å². The zero-order chi connectivity index (χ0) is 18.1. The maximum absolute atomic E-state index is 12.5. The number of para-hydroxylation sites is 1. The number of carbonyl (C=O) groups excluding carboxylic acids is 2. The van der Waals surface area contributed by atoms with E-state index in [9.17, 15) is 9.59 Å². The van der Waals surface area contributed by atoms with Crippen LogP contribution in [0.25, 0.3) is 10.8 Å². The van der Waals surface area contributed by atoms with E-state index >= 15 is 0 Å².